The molecule has 4 atom stereocenters. The Labute approximate surface area is 120 Å². The molecule has 1 aromatic rings. The van der Waals surface area contributed by atoms with Gasteiger partial charge in [-0.15, -0.1) is 0 Å². The zero-order chi connectivity index (χ0) is 15.2. The summed E-state index contributed by atoms with van der Waals surface area (Å²) >= 11 is 0. The van der Waals surface area contributed by atoms with E-state index in [-0.39, 0.29) is 24.0 Å². The highest BCUT2D eigenvalue weighted by molar-refractivity contribution is 5.86. The van der Waals surface area contributed by atoms with E-state index in [4.69, 9.17) is 15.6 Å². The molecule has 6 heteroatoms. The normalized spacial score (nSPS) is 33.3. The lowest BCUT2D eigenvalue weighted by Gasteiger charge is -2.24. The van der Waals surface area contributed by atoms with Crippen LogP contribution >= 0.6 is 0 Å². The van der Waals surface area contributed by atoms with E-state index in [2.05, 4.69) is 0 Å². The van der Waals surface area contributed by atoms with Crippen molar-refractivity contribution in [3.05, 3.63) is 35.6 Å². The minimum atomic E-state index is -1.25. The number of carbonyl (C=O) groups is 2. The molecule has 21 heavy (non-hydrogen) atoms. The quantitative estimate of drug-likeness (QED) is 0.817. The van der Waals surface area contributed by atoms with Gasteiger partial charge in [-0.3, -0.25) is 9.59 Å². The van der Waals surface area contributed by atoms with Gasteiger partial charge in [-0.1, -0.05) is 18.2 Å². The summed E-state index contributed by atoms with van der Waals surface area (Å²) in [5.41, 5.74) is 5.11. The van der Waals surface area contributed by atoms with E-state index < -0.39 is 29.2 Å². The van der Waals surface area contributed by atoms with Crippen molar-refractivity contribution in [1.29, 1.82) is 0 Å². The molecule has 0 radical (unpaired) electrons. The standard InChI is InChI=1S/C15H16FNO4/c16-10-4-2-1-3-8(10)7-21-14(20)15(17)6-5-9-11(12(9)15)13(18)19/h1-4,9,11-12H,5-7,17H2,(H,18,19)/t9-,11-,12-,15-/m0/s1. The highest BCUT2D eigenvalue weighted by Crippen LogP contribution is 2.61. The van der Waals surface area contributed by atoms with E-state index in [0.717, 1.165) is 0 Å². The zero-order valence-corrected chi connectivity index (χ0v) is 11.3. The van der Waals surface area contributed by atoms with Gasteiger partial charge in [-0.2, -0.15) is 0 Å². The molecular weight excluding hydrogens is 277 g/mol. The molecule has 2 aliphatic carbocycles. The molecule has 3 N–H and O–H groups in total. The van der Waals surface area contributed by atoms with Crippen molar-refractivity contribution in [3.8, 4) is 0 Å². The van der Waals surface area contributed by atoms with Crippen molar-refractivity contribution < 1.29 is 23.8 Å². The number of fused-ring (bicyclic) bond motifs is 1. The number of ether oxygens (including phenoxy) is 1. The maximum Gasteiger partial charge on any atom is 0.326 e. The molecular formula is C15H16FNO4. The second-order valence-corrected chi connectivity index (χ2v) is 5.80. The predicted octanol–water partition coefficient (Wildman–Crippen LogP) is 1.31. The van der Waals surface area contributed by atoms with Crippen molar-refractivity contribution in [3.63, 3.8) is 0 Å². The van der Waals surface area contributed by atoms with Crippen LogP contribution < -0.4 is 5.73 Å². The molecule has 0 aliphatic heterocycles. The van der Waals surface area contributed by atoms with Crippen molar-refractivity contribution >= 4 is 11.9 Å². The van der Waals surface area contributed by atoms with Crippen molar-refractivity contribution in [1.82, 2.24) is 0 Å². The average Bonchev–Trinajstić information content (AvgIpc) is 3.10. The van der Waals surface area contributed by atoms with Crippen LogP contribution in [0.4, 0.5) is 4.39 Å². The van der Waals surface area contributed by atoms with Gasteiger partial charge in [0.2, 0.25) is 0 Å². The molecule has 112 valence electrons. The molecule has 0 aromatic heterocycles. The molecule has 0 bridgehead atoms. The van der Waals surface area contributed by atoms with Crippen LogP contribution in [0, 0.1) is 23.6 Å². The second-order valence-electron chi connectivity index (χ2n) is 5.80. The SMILES string of the molecule is N[C@@]1(C(=O)OCc2ccccc2F)CC[C@H]2[C@H](C(=O)O)[C@H]21. The first-order valence-corrected chi connectivity index (χ1v) is 6.87. The third-order valence-electron chi connectivity index (χ3n) is 4.64. The fourth-order valence-corrected chi connectivity index (χ4v) is 3.48. The number of halogens is 1. The highest BCUT2D eigenvalue weighted by Gasteiger charge is 2.70. The van der Waals surface area contributed by atoms with Crippen LogP contribution in [-0.4, -0.2) is 22.6 Å². The van der Waals surface area contributed by atoms with Crippen molar-refractivity contribution in [2.45, 2.75) is 25.0 Å². The lowest BCUT2D eigenvalue weighted by atomic mass is 9.91. The van der Waals surface area contributed by atoms with Gasteiger partial charge in [0.1, 0.15) is 18.0 Å². The number of aliphatic carboxylic acids is 1. The number of esters is 1. The lowest BCUT2D eigenvalue weighted by Crippen LogP contribution is -2.50. The minimum Gasteiger partial charge on any atom is -0.481 e. The van der Waals surface area contributed by atoms with Gasteiger partial charge in [0, 0.05) is 11.5 Å². The second kappa shape index (κ2) is 4.80. The summed E-state index contributed by atoms with van der Waals surface area (Å²) in [7, 11) is 0. The summed E-state index contributed by atoms with van der Waals surface area (Å²) in [4.78, 5) is 23.2. The molecule has 0 heterocycles. The Kier molecular flexibility index (Phi) is 3.20. The monoisotopic (exact) mass is 293 g/mol. The van der Waals surface area contributed by atoms with E-state index in [1.165, 1.54) is 12.1 Å². The molecule has 1 aromatic carbocycles. The fraction of sp³-hybridized carbons (Fsp3) is 0.467. The van der Waals surface area contributed by atoms with E-state index in [1.54, 1.807) is 12.1 Å². The molecule has 2 fully saturated rings. The Morgan fingerprint density at radius 2 is 2.14 bits per heavy atom. The predicted molar refractivity (Wildman–Crippen MR) is 70.5 cm³/mol. The third kappa shape index (κ3) is 2.19. The summed E-state index contributed by atoms with van der Waals surface area (Å²) in [5.74, 6) is -2.94. The number of hydrogen-bond acceptors (Lipinski definition) is 4. The number of nitrogens with two attached hydrogens (primary N) is 1. The fourth-order valence-electron chi connectivity index (χ4n) is 3.48. The van der Waals surface area contributed by atoms with Gasteiger partial charge >= 0.3 is 11.9 Å². The van der Waals surface area contributed by atoms with Gasteiger partial charge < -0.3 is 15.6 Å². The Morgan fingerprint density at radius 1 is 1.43 bits per heavy atom. The number of rotatable bonds is 4. The Morgan fingerprint density at radius 3 is 2.76 bits per heavy atom. The average molecular weight is 293 g/mol. The van der Waals surface area contributed by atoms with Crippen molar-refractivity contribution in [2.75, 3.05) is 0 Å². The van der Waals surface area contributed by atoms with Crippen LogP contribution in [-0.2, 0) is 20.9 Å². The van der Waals surface area contributed by atoms with Gasteiger partial charge in [0.15, 0.2) is 0 Å². The number of hydrogen-bond donors (Lipinski definition) is 2. The summed E-state index contributed by atoms with van der Waals surface area (Å²) in [6.07, 6.45) is 1.04. The number of carboxylic acids is 1. The van der Waals surface area contributed by atoms with Crippen LogP contribution in [0.25, 0.3) is 0 Å². The van der Waals surface area contributed by atoms with Crippen LogP contribution in [0.3, 0.4) is 0 Å². The molecule has 0 amide bonds. The lowest BCUT2D eigenvalue weighted by molar-refractivity contribution is -0.153. The maximum atomic E-state index is 13.5. The van der Waals surface area contributed by atoms with E-state index in [9.17, 15) is 14.0 Å². The molecule has 3 rings (SSSR count). The topological polar surface area (TPSA) is 89.6 Å². The van der Waals surface area contributed by atoms with Gasteiger partial charge in [-0.25, -0.2) is 4.39 Å². The number of carbonyl (C=O) groups excluding carboxylic acids is 1. The summed E-state index contributed by atoms with van der Waals surface area (Å²) in [6, 6.07) is 6.01. The van der Waals surface area contributed by atoms with E-state index in [1.807, 2.05) is 0 Å². The first kappa shape index (κ1) is 14.0. The Hall–Kier alpha value is -1.95. The molecule has 0 unspecified atom stereocenters. The minimum absolute atomic E-state index is 0.0338. The van der Waals surface area contributed by atoms with Gasteiger partial charge in [0.25, 0.3) is 0 Å². The van der Waals surface area contributed by atoms with Crippen LogP contribution in [0.1, 0.15) is 18.4 Å². The molecule has 0 spiro atoms. The van der Waals surface area contributed by atoms with E-state index >= 15 is 0 Å². The molecule has 5 nitrogen and oxygen atoms in total. The van der Waals surface area contributed by atoms with Crippen LogP contribution in [0.2, 0.25) is 0 Å². The van der Waals surface area contributed by atoms with Crippen molar-refractivity contribution in [2.24, 2.45) is 23.5 Å². The summed E-state index contributed by atoms with van der Waals surface area (Å²) in [6.45, 7) is -0.195. The zero-order valence-electron chi connectivity index (χ0n) is 11.3. The number of benzene rings is 1. The van der Waals surface area contributed by atoms with E-state index in [0.29, 0.717) is 12.8 Å². The third-order valence-corrected chi connectivity index (χ3v) is 4.64. The van der Waals surface area contributed by atoms with Crippen LogP contribution in [0.5, 0.6) is 0 Å². The largest absolute Gasteiger partial charge is 0.481 e. The maximum absolute atomic E-state index is 13.5. The molecule has 2 aliphatic rings. The number of carboxylic acid groups (broad SMARTS) is 1. The summed E-state index contributed by atoms with van der Waals surface area (Å²) in [5, 5.41) is 9.06. The first-order valence-electron chi connectivity index (χ1n) is 6.87. The highest BCUT2D eigenvalue weighted by atomic mass is 19.1. The van der Waals surface area contributed by atoms with Gasteiger partial charge in [-0.05, 0) is 24.8 Å². The smallest absolute Gasteiger partial charge is 0.326 e. The first-order chi connectivity index (χ1) is 9.95. The van der Waals surface area contributed by atoms with Gasteiger partial charge in [0.05, 0.1) is 5.92 Å². The molecule has 0 saturated heterocycles. The molecule has 2 saturated carbocycles. The Bertz CT molecular complexity index is 605. The van der Waals surface area contributed by atoms with Crippen LogP contribution in [0.15, 0.2) is 24.3 Å². The summed E-state index contributed by atoms with van der Waals surface area (Å²) < 4.78 is 18.6. The Balaban J connectivity index is 1.66.